The molecule has 0 aliphatic carbocycles. The Bertz CT molecular complexity index is 724. The Morgan fingerprint density at radius 1 is 0.935 bits per heavy atom. The van der Waals surface area contributed by atoms with Gasteiger partial charge in [-0.15, -0.1) is 0 Å². The summed E-state index contributed by atoms with van der Waals surface area (Å²) in [5.74, 6) is -0.446. The Kier molecular flexibility index (Phi) is 5.96. The molecule has 1 amide bonds. The summed E-state index contributed by atoms with van der Waals surface area (Å²) in [7, 11) is -1.08. The third-order valence-corrected chi connectivity index (χ3v) is 7.12. The Labute approximate surface area is 188 Å². The van der Waals surface area contributed by atoms with E-state index in [1.807, 2.05) is 82.2 Å². The zero-order valence-electron chi connectivity index (χ0n) is 21.1. The number of carbonyl (C=O) groups excluding carboxylic acids is 1. The van der Waals surface area contributed by atoms with Crippen LogP contribution in [0.1, 0.15) is 82.6 Å². The van der Waals surface area contributed by atoms with Gasteiger partial charge in [0.25, 0.3) is 0 Å². The fourth-order valence-corrected chi connectivity index (χ4v) is 3.77. The lowest BCUT2D eigenvalue weighted by molar-refractivity contribution is 0.00578. The van der Waals surface area contributed by atoms with E-state index in [2.05, 4.69) is 0 Å². The lowest BCUT2D eigenvalue weighted by Gasteiger charge is -2.36. The Morgan fingerprint density at radius 3 is 1.84 bits per heavy atom. The van der Waals surface area contributed by atoms with Crippen molar-refractivity contribution in [1.29, 1.82) is 0 Å². The van der Waals surface area contributed by atoms with Gasteiger partial charge in [0.15, 0.2) is 0 Å². The zero-order valence-corrected chi connectivity index (χ0v) is 21.1. The molecule has 3 aliphatic rings. The van der Waals surface area contributed by atoms with Crippen LogP contribution in [-0.2, 0) is 23.4 Å². The van der Waals surface area contributed by atoms with E-state index < -0.39 is 48.2 Å². The van der Waals surface area contributed by atoms with Crippen LogP contribution in [0, 0.1) is 0 Å². The predicted octanol–water partition coefficient (Wildman–Crippen LogP) is 4.19. The van der Waals surface area contributed by atoms with Crippen LogP contribution in [0.5, 0.6) is 0 Å². The first kappa shape index (κ1) is 24.6. The van der Waals surface area contributed by atoms with E-state index in [0.29, 0.717) is 13.0 Å². The standard InChI is InChI=1S/C22H39B2NO6/c1-18(2,3)27-17(26)25-13-12-15(23-28-19(4,5)20(6,7)29-23)14-16(25)24-30-21(8,9)22(10,11)31-24/h14,16H,12-13H2,1-11H3. The van der Waals surface area contributed by atoms with Crippen molar-refractivity contribution in [1.82, 2.24) is 4.90 Å². The maximum Gasteiger partial charge on any atom is 0.490 e. The number of hydrogen-bond acceptors (Lipinski definition) is 6. The Balaban J connectivity index is 1.91. The molecule has 7 nitrogen and oxygen atoms in total. The first-order valence-electron chi connectivity index (χ1n) is 11.3. The molecule has 3 rings (SSSR count). The number of ether oxygens (including phenoxy) is 1. The smallest absolute Gasteiger partial charge is 0.444 e. The van der Waals surface area contributed by atoms with Crippen LogP contribution in [0.15, 0.2) is 11.5 Å². The van der Waals surface area contributed by atoms with Crippen LogP contribution < -0.4 is 0 Å². The minimum atomic E-state index is -0.616. The van der Waals surface area contributed by atoms with E-state index >= 15 is 0 Å². The predicted molar refractivity (Wildman–Crippen MR) is 122 cm³/mol. The number of nitrogens with zero attached hydrogens (tertiary/aromatic N) is 1. The molecule has 1 atom stereocenters. The van der Waals surface area contributed by atoms with Crippen molar-refractivity contribution in [2.75, 3.05) is 6.54 Å². The van der Waals surface area contributed by atoms with Gasteiger partial charge in [-0.25, -0.2) is 4.79 Å². The quantitative estimate of drug-likeness (QED) is 0.607. The first-order chi connectivity index (χ1) is 13.9. The van der Waals surface area contributed by atoms with Crippen molar-refractivity contribution >= 4 is 20.3 Å². The monoisotopic (exact) mass is 435 g/mol. The summed E-state index contributed by atoms with van der Waals surface area (Å²) in [5.41, 5.74) is -1.47. The summed E-state index contributed by atoms with van der Waals surface area (Å²) < 4.78 is 30.8. The Hall–Kier alpha value is -1.02. The largest absolute Gasteiger partial charge is 0.490 e. The molecule has 0 radical (unpaired) electrons. The van der Waals surface area contributed by atoms with Crippen molar-refractivity contribution in [3.8, 4) is 0 Å². The van der Waals surface area contributed by atoms with Gasteiger partial charge in [-0.1, -0.05) is 6.08 Å². The molecule has 1 unspecified atom stereocenters. The molecular weight excluding hydrogens is 396 g/mol. The van der Waals surface area contributed by atoms with Crippen LogP contribution in [0.2, 0.25) is 0 Å². The lowest BCUT2D eigenvalue weighted by Crippen LogP contribution is -2.54. The molecule has 3 heterocycles. The van der Waals surface area contributed by atoms with E-state index in [0.717, 1.165) is 5.47 Å². The third-order valence-electron chi connectivity index (χ3n) is 7.12. The van der Waals surface area contributed by atoms with Crippen molar-refractivity contribution < 1.29 is 28.1 Å². The lowest BCUT2D eigenvalue weighted by atomic mass is 9.67. The van der Waals surface area contributed by atoms with E-state index in [9.17, 15) is 4.79 Å². The van der Waals surface area contributed by atoms with E-state index in [1.54, 1.807) is 4.90 Å². The molecule has 0 N–H and O–H groups in total. The van der Waals surface area contributed by atoms with Crippen molar-refractivity contribution in [2.45, 2.75) is 117 Å². The third kappa shape index (κ3) is 4.70. The first-order valence-corrected chi connectivity index (χ1v) is 11.3. The van der Waals surface area contributed by atoms with Gasteiger partial charge in [0, 0.05) is 6.54 Å². The minimum absolute atomic E-state index is 0.378. The number of hydrogen-bond donors (Lipinski definition) is 0. The normalized spacial score (nSPS) is 29.2. The van der Waals surface area contributed by atoms with Crippen LogP contribution >= 0.6 is 0 Å². The molecule has 0 saturated carbocycles. The molecule has 0 aromatic carbocycles. The Morgan fingerprint density at radius 2 is 1.39 bits per heavy atom. The van der Waals surface area contributed by atoms with Gasteiger partial charge < -0.3 is 28.3 Å². The SMILES string of the molecule is CC(C)(C)OC(=O)N1CCC(B2OC(C)(C)C(C)(C)O2)=CC1B1OC(C)(C)C(C)(C)O1. The molecule has 31 heavy (non-hydrogen) atoms. The number of carbonyl (C=O) groups is 1. The topological polar surface area (TPSA) is 66.5 Å². The molecule has 0 aromatic heterocycles. The summed E-state index contributed by atoms with van der Waals surface area (Å²) in [6.45, 7) is 22.2. The summed E-state index contributed by atoms with van der Waals surface area (Å²) in [5, 5.41) is 0. The van der Waals surface area contributed by atoms with E-state index in [4.69, 9.17) is 23.4 Å². The molecule has 9 heteroatoms. The van der Waals surface area contributed by atoms with Crippen LogP contribution in [-0.4, -0.2) is 65.7 Å². The second-order valence-electron chi connectivity index (χ2n) is 11.9. The van der Waals surface area contributed by atoms with Gasteiger partial charge in [0.1, 0.15) is 5.60 Å². The highest BCUT2D eigenvalue weighted by Crippen LogP contribution is 2.42. The second kappa shape index (κ2) is 7.51. The average molecular weight is 435 g/mol. The average Bonchev–Trinajstić information content (AvgIpc) is 2.92. The molecule has 3 aliphatic heterocycles. The summed E-state index contributed by atoms with van der Waals surface area (Å²) in [4.78, 5) is 14.7. The fourth-order valence-electron chi connectivity index (χ4n) is 3.77. The van der Waals surface area contributed by atoms with Crippen LogP contribution in [0.25, 0.3) is 0 Å². The molecular formula is C22H39B2NO6. The highest BCUT2D eigenvalue weighted by Gasteiger charge is 2.57. The molecule has 0 aromatic rings. The fraction of sp³-hybridized carbons (Fsp3) is 0.864. The van der Waals surface area contributed by atoms with Crippen molar-refractivity contribution in [3.63, 3.8) is 0 Å². The summed E-state index contributed by atoms with van der Waals surface area (Å²) in [6.07, 6.45) is 2.26. The highest BCUT2D eigenvalue weighted by molar-refractivity contribution is 6.55. The molecule has 174 valence electrons. The van der Waals surface area contributed by atoms with E-state index in [1.165, 1.54) is 0 Å². The van der Waals surface area contributed by atoms with Gasteiger partial charge in [0.05, 0.1) is 28.3 Å². The molecule has 2 saturated heterocycles. The van der Waals surface area contributed by atoms with Crippen LogP contribution in [0.3, 0.4) is 0 Å². The molecule has 0 spiro atoms. The van der Waals surface area contributed by atoms with Gasteiger partial charge in [-0.05, 0) is 88.1 Å². The summed E-state index contributed by atoms with van der Waals surface area (Å²) in [6, 6.07) is 0. The maximum atomic E-state index is 13.0. The van der Waals surface area contributed by atoms with Gasteiger partial charge in [-0.3, -0.25) is 0 Å². The number of rotatable bonds is 2. The molecule has 2 fully saturated rings. The molecule has 0 bridgehead atoms. The number of amides is 1. The van der Waals surface area contributed by atoms with Gasteiger partial charge in [0.2, 0.25) is 0 Å². The van der Waals surface area contributed by atoms with Gasteiger partial charge in [-0.2, -0.15) is 0 Å². The second-order valence-corrected chi connectivity index (χ2v) is 11.9. The minimum Gasteiger partial charge on any atom is -0.444 e. The van der Waals surface area contributed by atoms with Crippen molar-refractivity contribution in [2.24, 2.45) is 0 Å². The van der Waals surface area contributed by atoms with Crippen molar-refractivity contribution in [3.05, 3.63) is 11.5 Å². The van der Waals surface area contributed by atoms with Gasteiger partial charge >= 0.3 is 20.3 Å². The summed E-state index contributed by atoms with van der Waals surface area (Å²) >= 11 is 0. The van der Waals surface area contributed by atoms with E-state index in [-0.39, 0.29) is 6.09 Å². The highest BCUT2D eigenvalue weighted by atomic mass is 16.7. The maximum absolute atomic E-state index is 13.0. The zero-order chi connectivity index (χ0) is 23.6. The van der Waals surface area contributed by atoms with Crippen LogP contribution in [0.4, 0.5) is 4.79 Å².